The molecule has 0 aliphatic carbocycles. The molecule has 29 heavy (non-hydrogen) atoms. The number of amides is 1. The Balaban J connectivity index is 1.81. The van der Waals surface area contributed by atoms with Gasteiger partial charge in [-0.3, -0.25) is 4.79 Å². The van der Waals surface area contributed by atoms with Crippen molar-refractivity contribution >= 4 is 23.4 Å². The summed E-state index contributed by atoms with van der Waals surface area (Å²) in [7, 11) is 1.60. The number of hydrazone groups is 1. The molecule has 2 aromatic rings. The van der Waals surface area contributed by atoms with Gasteiger partial charge in [0.1, 0.15) is 5.75 Å². The minimum absolute atomic E-state index is 0.0137. The standard InChI is InChI=1S/C24H29N3O2/c1-7-27-22-12-16(2)19(13-21(22)17(3)14-24(27,4)5)15-25-26-23(28)18-8-10-20(29-6)11-9-18/h8-15H,7H2,1-6H3,(H,26,28)/b25-15+. The van der Waals surface area contributed by atoms with Crippen molar-refractivity contribution in [3.05, 3.63) is 64.7 Å². The molecule has 0 saturated carbocycles. The number of fused-ring (bicyclic) bond motifs is 1. The van der Waals surface area contributed by atoms with Crippen LogP contribution >= 0.6 is 0 Å². The first-order valence-corrected chi connectivity index (χ1v) is 9.86. The Morgan fingerprint density at radius 1 is 1.21 bits per heavy atom. The number of allylic oxidation sites excluding steroid dienone is 1. The molecule has 1 heterocycles. The van der Waals surface area contributed by atoms with Gasteiger partial charge in [-0.15, -0.1) is 0 Å². The largest absolute Gasteiger partial charge is 0.497 e. The van der Waals surface area contributed by atoms with Gasteiger partial charge in [-0.2, -0.15) is 5.10 Å². The molecule has 0 aromatic heterocycles. The molecule has 0 bridgehead atoms. The van der Waals surface area contributed by atoms with Crippen LogP contribution in [-0.4, -0.2) is 31.3 Å². The predicted octanol–water partition coefficient (Wildman–Crippen LogP) is 4.79. The first-order valence-electron chi connectivity index (χ1n) is 9.86. The molecule has 0 unspecified atom stereocenters. The van der Waals surface area contributed by atoms with Crippen LogP contribution < -0.4 is 15.1 Å². The van der Waals surface area contributed by atoms with Crippen LogP contribution in [0, 0.1) is 6.92 Å². The highest BCUT2D eigenvalue weighted by molar-refractivity contribution is 5.95. The maximum absolute atomic E-state index is 12.3. The number of hydrogen-bond acceptors (Lipinski definition) is 4. The van der Waals surface area contributed by atoms with Gasteiger partial charge >= 0.3 is 0 Å². The van der Waals surface area contributed by atoms with Crippen LogP contribution in [0.1, 0.15) is 54.7 Å². The lowest BCUT2D eigenvalue weighted by molar-refractivity contribution is 0.0955. The quantitative estimate of drug-likeness (QED) is 0.589. The van der Waals surface area contributed by atoms with Gasteiger partial charge in [-0.25, -0.2) is 5.43 Å². The lowest BCUT2D eigenvalue weighted by Crippen LogP contribution is -2.45. The van der Waals surface area contributed by atoms with Crippen LogP contribution in [0.15, 0.2) is 47.6 Å². The number of benzene rings is 2. The Morgan fingerprint density at radius 3 is 2.52 bits per heavy atom. The van der Waals surface area contributed by atoms with Crippen molar-refractivity contribution in [3.63, 3.8) is 0 Å². The molecule has 5 heteroatoms. The Labute approximate surface area is 173 Å². The molecule has 0 atom stereocenters. The number of nitrogens with zero attached hydrogens (tertiary/aromatic N) is 2. The molecule has 1 aliphatic heterocycles. The van der Waals surface area contributed by atoms with Gasteiger partial charge in [-0.05, 0) is 87.7 Å². The Kier molecular flexibility index (Phi) is 5.78. The number of nitrogens with one attached hydrogen (secondary N) is 1. The van der Waals surface area contributed by atoms with E-state index in [1.807, 2.05) is 0 Å². The fraction of sp³-hybridized carbons (Fsp3) is 0.333. The molecule has 0 radical (unpaired) electrons. The Hall–Kier alpha value is -3.08. The smallest absolute Gasteiger partial charge is 0.271 e. The van der Waals surface area contributed by atoms with Crippen LogP contribution in [-0.2, 0) is 0 Å². The second kappa shape index (κ2) is 8.11. The number of methoxy groups -OCH3 is 1. The van der Waals surface area contributed by atoms with Gasteiger partial charge in [0.05, 0.1) is 18.9 Å². The summed E-state index contributed by atoms with van der Waals surface area (Å²) in [6.07, 6.45) is 4.01. The lowest BCUT2D eigenvalue weighted by atomic mass is 9.87. The number of aryl methyl sites for hydroxylation is 1. The van der Waals surface area contributed by atoms with Gasteiger partial charge in [0.15, 0.2) is 0 Å². The molecule has 1 amide bonds. The molecular weight excluding hydrogens is 362 g/mol. The summed E-state index contributed by atoms with van der Waals surface area (Å²) in [6.45, 7) is 11.8. The third-order valence-electron chi connectivity index (χ3n) is 5.40. The number of carbonyl (C=O) groups is 1. The van der Waals surface area contributed by atoms with Crippen molar-refractivity contribution in [1.82, 2.24) is 5.43 Å². The molecule has 152 valence electrons. The molecule has 0 spiro atoms. The predicted molar refractivity (Wildman–Crippen MR) is 120 cm³/mol. The van der Waals surface area contributed by atoms with E-state index in [1.165, 1.54) is 16.8 Å². The van der Waals surface area contributed by atoms with E-state index in [4.69, 9.17) is 4.74 Å². The third-order valence-corrected chi connectivity index (χ3v) is 5.40. The van der Waals surface area contributed by atoms with Crippen molar-refractivity contribution in [3.8, 4) is 5.75 Å². The van der Waals surface area contributed by atoms with E-state index in [1.54, 1.807) is 37.6 Å². The summed E-state index contributed by atoms with van der Waals surface area (Å²) in [5, 5.41) is 4.17. The molecule has 1 aliphatic rings. The maximum atomic E-state index is 12.3. The van der Waals surface area contributed by atoms with Crippen LogP contribution in [0.3, 0.4) is 0 Å². The van der Waals surface area contributed by atoms with E-state index in [-0.39, 0.29) is 11.4 Å². The van der Waals surface area contributed by atoms with Crippen molar-refractivity contribution in [2.75, 3.05) is 18.6 Å². The topological polar surface area (TPSA) is 53.9 Å². The van der Waals surface area contributed by atoms with Gasteiger partial charge in [0.2, 0.25) is 0 Å². The van der Waals surface area contributed by atoms with Crippen LogP contribution in [0.25, 0.3) is 5.57 Å². The summed E-state index contributed by atoms with van der Waals surface area (Å²) in [5.41, 5.74) is 8.94. The zero-order valence-corrected chi connectivity index (χ0v) is 18.0. The SMILES string of the molecule is CCN1c2cc(C)c(/C=N/NC(=O)c3ccc(OC)cc3)cc2C(C)=CC1(C)C. The molecule has 2 aromatic carbocycles. The van der Waals surface area contributed by atoms with Gasteiger partial charge in [0.25, 0.3) is 5.91 Å². The second-order valence-electron chi connectivity index (χ2n) is 7.88. The fourth-order valence-corrected chi connectivity index (χ4v) is 3.93. The summed E-state index contributed by atoms with van der Waals surface area (Å²) in [6, 6.07) is 11.3. The minimum Gasteiger partial charge on any atom is -0.497 e. The average molecular weight is 392 g/mol. The third kappa shape index (κ3) is 4.19. The molecule has 5 nitrogen and oxygen atoms in total. The van der Waals surface area contributed by atoms with E-state index in [9.17, 15) is 4.79 Å². The molecule has 3 rings (SSSR count). The molecule has 0 fully saturated rings. The summed E-state index contributed by atoms with van der Waals surface area (Å²) in [5.74, 6) is 0.456. The normalized spacial score (nSPS) is 15.1. The number of carbonyl (C=O) groups excluding carboxylic acids is 1. The van der Waals surface area contributed by atoms with E-state index < -0.39 is 0 Å². The number of likely N-dealkylation sites (N-methyl/N-ethyl adjacent to an activating group) is 1. The van der Waals surface area contributed by atoms with Crippen molar-refractivity contribution < 1.29 is 9.53 Å². The Morgan fingerprint density at radius 2 is 1.90 bits per heavy atom. The molecule has 0 saturated heterocycles. The highest BCUT2D eigenvalue weighted by Gasteiger charge is 2.30. The van der Waals surface area contributed by atoms with Gasteiger partial charge in [0, 0.05) is 23.4 Å². The highest BCUT2D eigenvalue weighted by atomic mass is 16.5. The number of hydrogen-bond donors (Lipinski definition) is 1. The van der Waals surface area contributed by atoms with E-state index in [2.05, 4.69) is 68.3 Å². The summed E-state index contributed by atoms with van der Waals surface area (Å²) in [4.78, 5) is 14.7. The zero-order chi connectivity index (χ0) is 21.2. The first-order chi connectivity index (χ1) is 13.8. The lowest BCUT2D eigenvalue weighted by Gasteiger charge is -2.43. The van der Waals surface area contributed by atoms with Crippen LogP contribution in [0.2, 0.25) is 0 Å². The van der Waals surface area contributed by atoms with Crippen LogP contribution in [0.4, 0.5) is 5.69 Å². The second-order valence-corrected chi connectivity index (χ2v) is 7.88. The zero-order valence-electron chi connectivity index (χ0n) is 18.0. The Bertz CT molecular complexity index is 972. The van der Waals surface area contributed by atoms with Crippen LogP contribution in [0.5, 0.6) is 5.75 Å². The molecular formula is C24H29N3O2. The highest BCUT2D eigenvalue weighted by Crippen LogP contribution is 2.39. The monoisotopic (exact) mass is 391 g/mol. The van der Waals surface area contributed by atoms with Crippen molar-refractivity contribution in [2.45, 2.75) is 40.2 Å². The van der Waals surface area contributed by atoms with Gasteiger partial charge in [-0.1, -0.05) is 6.08 Å². The van der Waals surface area contributed by atoms with E-state index in [0.29, 0.717) is 11.3 Å². The van der Waals surface area contributed by atoms with E-state index in [0.717, 1.165) is 17.7 Å². The first kappa shape index (κ1) is 20.6. The van der Waals surface area contributed by atoms with E-state index >= 15 is 0 Å². The van der Waals surface area contributed by atoms with Crippen molar-refractivity contribution in [1.29, 1.82) is 0 Å². The number of anilines is 1. The number of rotatable bonds is 5. The average Bonchev–Trinajstić information content (AvgIpc) is 2.68. The van der Waals surface area contributed by atoms with Gasteiger partial charge < -0.3 is 9.64 Å². The molecule has 1 N–H and O–H groups in total. The summed E-state index contributed by atoms with van der Waals surface area (Å²) >= 11 is 0. The summed E-state index contributed by atoms with van der Waals surface area (Å²) < 4.78 is 5.11. The fourth-order valence-electron chi connectivity index (χ4n) is 3.93. The maximum Gasteiger partial charge on any atom is 0.271 e. The minimum atomic E-state index is -0.255. The number of ether oxygens (including phenoxy) is 1. The van der Waals surface area contributed by atoms with Crippen molar-refractivity contribution in [2.24, 2.45) is 5.10 Å².